The van der Waals surface area contributed by atoms with Crippen LogP contribution in [-0.2, 0) is 66.8 Å². The fraction of sp³-hybridized carbons (Fsp3) is 0.817. The maximum Gasteiger partial charge on any atom is 0.404 e. The second kappa shape index (κ2) is 31.5. The normalized spacial score (nSPS) is 25.8. The highest BCUT2D eigenvalue weighted by atomic mass is 28.4. The lowest BCUT2D eigenvalue weighted by Gasteiger charge is -2.43. The minimum atomic E-state index is -2.97. The topological polar surface area (TPSA) is 266 Å². The summed E-state index contributed by atoms with van der Waals surface area (Å²) in [4.78, 5) is 114. The van der Waals surface area contributed by atoms with Crippen molar-refractivity contribution >= 4 is 98.3 Å². The monoisotopic (exact) mass is 1500 g/mol. The van der Waals surface area contributed by atoms with E-state index in [2.05, 4.69) is 222 Å². The van der Waals surface area contributed by atoms with E-state index in [-0.39, 0.29) is 57.7 Å². The Bertz CT molecular complexity index is 3060. The molecule has 2 unspecified atom stereocenters. The van der Waals surface area contributed by atoms with Crippen molar-refractivity contribution in [1.29, 1.82) is 0 Å². The molecule has 4 aliphatic rings. The van der Waals surface area contributed by atoms with Crippen molar-refractivity contribution in [3.05, 3.63) is 29.8 Å². The molecule has 0 aromatic heterocycles. The van der Waals surface area contributed by atoms with E-state index in [1.54, 1.807) is 13.8 Å². The van der Waals surface area contributed by atoms with Crippen LogP contribution in [0.5, 0.6) is 5.75 Å². The number of nitrogens with zero attached hydrogens (tertiary/aromatic N) is 2. The summed E-state index contributed by atoms with van der Waals surface area (Å²) in [5.74, 6) is -4.68. The molecule has 29 heteroatoms. The Labute approximate surface area is 609 Å². The minimum absolute atomic E-state index is 0.0101. The third-order valence-electron chi connectivity index (χ3n) is 23.9. The van der Waals surface area contributed by atoms with Crippen molar-refractivity contribution in [2.24, 2.45) is 5.92 Å². The van der Waals surface area contributed by atoms with E-state index in [1.807, 2.05) is 44.3 Å². The van der Waals surface area contributed by atoms with Crippen molar-refractivity contribution in [2.45, 2.75) is 334 Å². The van der Waals surface area contributed by atoms with Crippen molar-refractivity contribution in [3.63, 3.8) is 0 Å². The van der Waals surface area contributed by atoms with Gasteiger partial charge < -0.3 is 72.8 Å². The highest BCUT2D eigenvalue weighted by Gasteiger charge is 2.56. The molecule has 570 valence electrons. The molecule has 0 saturated carbocycles. The van der Waals surface area contributed by atoms with Crippen LogP contribution in [-0.4, -0.2) is 208 Å². The van der Waals surface area contributed by atoms with Gasteiger partial charge in [-0.2, -0.15) is 0 Å². The molecular formula is C71H135BN8O14Si6. The summed E-state index contributed by atoms with van der Waals surface area (Å²) < 4.78 is 48.3. The molecule has 0 spiro atoms. The molecule has 5 rings (SSSR count). The van der Waals surface area contributed by atoms with Gasteiger partial charge in [0.1, 0.15) is 42.0 Å². The van der Waals surface area contributed by atoms with Crippen LogP contribution in [0, 0.1) is 5.92 Å². The zero-order chi connectivity index (χ0) is 76.8. The van der Waals surface area contributed by atoms with Gasteiger partial charge >= 0.3 is 7.05 Å². The second-order valence-corrected chi connectivity index (χ2v) is 66.8. The Morgan fingerprint density at radius 2 is 0.960 bits per heavy atom. The fourth-order valence-corrected chi connectivity index (χ4v) is 19.1. The first-order chi connectivity index (χ1) is 45.0. The second-order valence-electron chi connectivity index (χ2n) is 38.3. The van der Waals surface area contributed by atoms with Gasteiger partial charge in [0.25, 0.3) is 0 Å². The highest BCUT2D eigenvalue weighted by Crippen LogP contribution is 2.45. The highest BCUT2D eigenvalue weighted by molar-refractivity contribution is 6.76. The third-order valence-corrected chi connectivity index (χ3v) is 51.0. The number of carbonyl (C=O) groups excluding carboxylic acids is 7. The lowest BCUT2D eigenvalue weighted by molar-refractivity contribution is -0.146. The number of hydrogen-bond donors (Lipinski definition) is 6. The molecule has 4 fully saturated rings. The number of rotatable bonds is 20. The summed E-state index contributed by atoms with van der Waals surface area (Å²) in [6.45, 7) is 68.0. The van der Waals surface area contributed by atoms with E-state index in [9.17, 15) is 4.79 Å². The number of fused-ring (bicyclic) bond motifs is 2. The van der Waals surface area contributed by atoms with E-state index in [4.69, 9.17) is 31.2 Å². The van der Waals surface area contributed by atoms with Gasteiger partial charge in [-0.05, 0) is 147 Å². The Kier molecular flexibility index (Phi) is 27.4. The van der Waals surface area contributed by atoms with Crippen molar-refractivity contribution in [2.75, 3.05) is 32.7 Å². The zero-order valence-electron chi connectivity index (χ0n) is 67.9. The average molecular weight is 1500 g/mol. The van der Waals surface area contributed by atoms with Gasteiger partial charge in [0.15, 0.2) is 41.6 Å². The van der Waals surface area contributed by atoms with Crippen molar-refractivity contribution in [3.8, 4) is 5.75 Å². The molecule has 6 N–H and O–H groups in total. The predicted octanol–water partition coefficient (Wildman–Crippen LogP) is 10.8. The summed E-state index contributed by atoms with van der Waals surface area (Å²) in [6.07, 6.45) is -4.61. The number of amides is 7. The maximum atomic E-state index is 16.7. The molecule has 22 nitrogen and oxygen atoms in total. The molecule has 12 atom stereocenters. The van der Waals surface area contributed by atoms with E-state index in [1.165, 1.54) is 9.80 Å². The molecule has 0 radical (unpaired) electrons. The molecule has 4 heterocycles. The first kappa shape index (κ1) is 87.0. The summed E-state index contributed by atoms with van der Waals surface area (Å²) in [6, 6.07) is -0.748. The van der Waals surface area contributed by atoms with Gasteiger partial charge in [0, 0.05) is 32.0 Å². The van der Waals surface area contributed by atoms with Gasteiger partial charge in [-0.25, -0.2) is 0 Å². The molecule has 1 aromatic rings. The standard InChI is InChI=1S/C71H135BN8O14Si6/c1-45-42-80-58(59(45)94-100(32,33)71(19,20)21)63(85)73-41-54(81)75-51(40-74-72-44-88-72)60(82)76-55(46(2)89-95(22,23)66(4,5)6)64(86)79-43-50(92-98(28,29)69(13,14)15)39-52(79)61(83)78-57(62(84)77-56(65(80)87)47(3)90-96(24,25)67(7,8)9)53(93-99(30,31)70(16,17)18)38-48-34-36-49(37-35-48)91-97(26,27)68(10,11)12/h34-37,45-47,50-53,55-59,74H,38-44H2,1-33H3,(H,73,85)(H,75,81)(H,76,82)(H,77,84)(H,78,83)/t45-,46?,47?,50+,51-,52-,53+,55-,56-,57-,58-,59-/m0/s1. The van der Waals surface area contributed by atoms with E-state index in [0.29, 0.717) is 12.3 Å². The van der Waals surface area contributed by atoms with Crippen LogP contribution in [0.25, 0.3) is 0 Å². The number of benzene rings is 1. The largest absolute Gasteiger partial charge is 0.544 e. The van der Waals surface area contributed by atoms with E-state index in [0.717, 1.165) is 5.56 Å². The Morgan fingerprint density at radius 3 is 1.42 bits per heavy atom. The van der Waals surface area contributed by atoms with Crippen LogP contribution in [0.3, 0.4) is 0 Å². The number of hydrogen-bond acceptors (Lipinski definition) is 15. The quantitative estimate of drug-likeness (QED) is 0.0524. The average Bonchev–Trinajstić information content (AvgIpc) is 1.57. The van der Waals surface area contributed by atoms with Gasteiger partial charge in [-0.1, -0.05) is 144 Å². The lowest BCUT2D eigenvalue weighted by atomic mass is 9.96. The molecule has 4 aliphatic heterocycles. The van der Waals surface area contributed by atoms with Crippen LogP contribution in [0.1, 0.15) is 157 Å². The summed E-state index contributed by atoms with van der Waals surface area (Å²) in [5, 5.41) is 16.4. The first-order valence-electron chi connectivity index (χ1n) is 36.6. The molecule has 1 aromatic carbocycles. The van der Waals surface area contributed by atoms with Crippen LogP contribution in [0.2, 0.25) is 109 Å². The van der Waals surface area contributed by atoms with Crippen LogP contribution >= 0.6 is 0 Å². The Balaban J connectivity index is 1.90. The smallest absolute Gasteiger partial charge is 0.404 e. The molecule has 100 heavy (non-hydrogen) atoms. The first-order valence-corrected chi connectivity index (χ1v) is 54.0. The van der Waals surface area contributed by atoms with Crippen LogP contribution < -0.4 is 36.2 Å². The predicted molar refractivity (Wildman–Crippen MR) is 415 cm³/mol. The minimum Gasteiger partial charge on any atom is -0.544 e. The third kappa shape index (κ3) is 21.6. The molecule has 0 bridgehead atoms. The van der Waals surface area contributed by atoms with E-state index >= 15 is 28.8 Å². The zero-order valence-corrected chi connectivity index (χ0v) is 73.9. The van der Waals surface area contributed by atoms with Gasteiger partial charge in [0.05, 0.1) is 43.6 Å². The lowest BCUT2D eigenvalue weighted by Crippen LogP contribution is -2.66. The number of nitrogens with one attached hydrogen (secondary N) is 6. The van der Waals surface area contributed by atoms with Crippen molar-refractivity contribution in [1.82, 2.24) is 41.6 Å². The molecule has 4 saturated heterocycles. The van der Waals surface area contributed by atoms with Crippen LogP contribution in [0.4, 0.5) is 0 Å². The van der Waals surface area contributed by atoms with Gasteiger partial charge in [-0.15, -0.1) is 0 Å². The van der Waals surface area contributed by atoms with E-state index < -0.39 is 183 Å². The molecular weight excluding hydrogens is 1370 g/mol. The fourth-order valence-electron chi connectivity index (χ4n) is 11.1. The van der Waals surface area contributed by atoms with Crippen molar-refractivity contribution < 1.29 is 64.8 Å². The maximum absolute atomic E-state index is 16.7. The number of carbonyl (C=O) groups is 7. The van der Waals surface area contributed by atoms with Crippen LogP contribution in [0.15, 0.2) is 24.3 Å². The Hall–Kier alpha value is -3.60. The molecule has 0 aliphatic carbocycles. The summed E-state index contributed by atoms with van der Waals surface area (Å²) >= 11 is 0. The van der Waals surface area contributed by atoms with Gasteiger partial charge in [-0.3, -0.25) is 33.6 Å². The summed E-state index contributed by atoms with van der Waals surface area (Å²) in [7, 11) is -16.6. The van der Waals surface area contributed by atoms with Gasteiger partial charge in [0.2, 0.25) is 49.7 Å². The Morgan fingerprint density at radius 1 is 0.530 bits per heavy atom. The SMILES string of the molecule is CC(O[Si](C)(C)C(C)(C)C)[C@@H]1NC(=O)[C@H]([C@@H](Cc2ccc(O[Si](C)(C)C(C)(C)C)cc2)O[Si](C)(C)C(C)(C)C)NC(=O)[C@@H]2C[C@@H](O[Si](C)(C)C(C)(C)C)CN2C(=O)[C@H](C(C)O[Si](C)(C)C(C)(C)C)NC(=O)[C@H](CNB2CO2)NC(=O)CNC(=O)[C@@H]2[C@@H](O[Si](C)(C)C(C)(C)C)[C@@H](C)CN2C1=O. The molecule has 7 amide bonds. The summed E-state index contributed by atoms with van der Waals surface area (Å²) in [5.41, 5.74) is 0.770.